The molecular weight excluding hydrogens is 358 g/mol. The molecule has 0 radical (unpaired) electrons. The van der Waals surface area contributed by atoms with Gasteiger partial charge in [0.05, 0.1) is 18.8 Å². The summed E-state index contributed by atoms with van der Waals surface area (Å²) >= 11 is 0. The van der Waals surface area contributed by atoms with Gasteiger partial charge in [0.1, 0.15) is 29.3 Å². The lowest BCUT2D eigenvalue weighted by atomic mass is 10.3. The van der Waals surface area contributed by atoms with Gasteiger partial charge in [-0.15, -0.1) is 0 Å². The van der Waals surface area contributed by atoms with Gasteiger partial charge < -0.3 is 19.2 Å². The normalized spacial score (nSPS) is 14.6. The maximum atomic E-state index is 11.0. The molecule has 7 nitrogen and oxygen atoms in total. The summed E-state index contributed by atoms with van der Waals surface area (Å²) in [4.78, 5) is 19.9. The minimum Gasteiger partial charge on any atom is -0.493 e. The van der Waals surface area contributed by atoms with E-state index in [1.807, 2.05) is 31.2 Å². The Morgan fingerprint density at radius 1 is 1.25 bits per heavy atom. The quantitative estimate of drug-likeness (QED) is 0.642. The fourth-order valence-corrected chi connectivity index (χ4v) is 2.81. The molecule has 1 saturated carbocycles. The minimum absolute atomic E-state index is 0.0782. The molecule has 1 N–H and O–H groups in total. The third-order valence-corrected chi connectivity index (χ3v) is 4.45. The average molecular weight is 381 g/mol. The number of aromatic nitrogens is 2. The Morgan fingerprint density at radius 2 is 2.07 bits per heavy atom. The van der Waals surface area contributed by atoms with Crippen LogP contribution in [0.15, 0.2) is 40.9 Å². The fourth-order valence-electron chi connectivity index (χ4n) is 2.81. The van der Waals surface area contributed by atoms with E-state index in [1.54, 1.807) is 12.3 Å². The first-order chi connectivity index (χ1) is 13.6. The van der Waals surface area contributed by atoms with Crippen molar-refractivity contribution in [1.29, 1.82) is 0 Å². The number of ether oxygens (including phenoxy) is 2. The van der Waals surface area contributed by atoms with Crippen LogP contribution in [0.2, 0.25) is 0 Å². The molecule has 3 aromatic rings. The lowest BCUT2D eigenvalue weighted by Crippen LogP contribution is -2.35. The molecule has 28 heavy (non-hydrogen) atoms. The topological polar surface area (TPSA) is 86.5 Å². The zero-order valence-corrected chi connectivity index (χ0v) is 16.0. The van der Waals surface area contributed by atoms with Gasteiger partial charge in [0.25, 0.3) is 0 Å². The summed E-state index contributed by atoms with van der Waals surface area (Å²) < 4.78 is 17.3. The minimum atomic E-state index is -0.0818. The Hall–Kier alpha value is -3.09. The van der Waals surface area contributed by atoms with Crippen molar-refractivity contribution in [2.45, 2.75) is 32.7 Å². The maximum absolute atomic E-state index is 11.0. The van der Waals surface area contributed by atoms with Crippen molar-refractivity contribution in [3.63, 3.8) is 0 Å². The summed E-state index contributed by atoms with van der Waals surface area (Å²) in [6.45, 7) is 4.49. The Labute approximate surface area is 163 Å². The lowest BCUT2D eigenvalue weighted by Gasteiger charge is -2.13. The van der Waals surface area contributed by atoms with Crippen molar-refractivity contribution in [3.05, 3.63) is 36.5 Å². The van der Waals surface area contributed by atoms with E-state index in [1.165, 1.54) is 19.8 Å². The first-order valence-electron chi connectivity index (χ1n) is 9.46. The van der Waals surface area contributed by atoms with Crippen LogP contribution < -0.4 is 14.8 Å². The Morgan fingerprint density at radius 3 is 2.79 bits per heavy atom. The molecule has 0 bridgehead atoms. The summed E-state index contributed by atoms with van der Waals surface area (Å²) in [5.74, 6) is 2.50. The van der Waals surface area contributed by atoms with Crippen molar-refractivity contribution < 1.29 is 18.7 Å². The van der Waals surface area contributed by atoms with Crippen LogP contribution in [-0.4, -0.2) is 35.1 Å². The van der Waals surface area contributed by atoms with Crippen LogP contribution in [0.3, 0.4) is 0 Å². The lowest BCUT2D eigenvalue weighted by molar-refractivity contribution is -0.119. The molecule has 146 valence electrons. The summed E-state index contributed by atoms with van der Waals surface area (Å²) in [6, 6.07) is 9.20. The zero-order chi connectivity index (χ0) is 19.5. The van der Waals surface area contributed by atoms with Crippen LogP contribution in [0.25, 0.3) is 22.7 Å². The molecule has 1 aromatic carbocycles. The fraction of sp³-hybridized carbons (Fsp3) is 0.381. The van der Waals surface area contributed by atoms with Gasteiger partial charge in [-0.1, -0.05) is 0 Å². The van der Waals surface area contributed by atoms with Crippen molar-refractivity contribution in [2.24, 2.45) is 5.92 Å². The first-order valence-corrected chi connectivity index (χ1v) is 9.46. The zero-order valence-electron chi connectivity index (χ0n) is 16.0. The number of nitrogens with zero attached hydrogens (tertiary/aromatic N) is 2. The number of hydrogen-bond donors (Lipinski definition) is 1. The second kappa shape index (κ2) is 7.88. The Kier molecular flexibility index (Phi) is 5.14. The monoisotopic (exact) mass is 381 g/mol. The number of pyridine rings is 1. The van der Waals surface area contributed by atoms with Gasteiger partial charge in [-0.25, -0.2) is 9.97 Å². The highest BCUT2D eigenvalue weighted by atomic mass is 16.5. The molecule has 0 saturated heterocycles. The average Bonchev–Trinajstić information content (AvgIpc) is 3.41. The van der Waals surface area contributed by atoms with E-state index in [2.05, 4.69) is 15.3 Å². The SMILES string of the molecule is CC(=O)NC(C)COc1ccc(-c2nc3cc(OCC4CC4)ccc3o2)nc1. The van der Waals surface area contributed by atoms with Gasteiger partial charge in [-0.2, -0.15) is 0 Å². The van der Waals surface area contributed by atoms with Crippen molar-refractivity contribution in [3.8, 4) is 23.1 Å². The van der Waals surface area contributed by atoms with Crippen LogP contribution in [0, 0.1) is 5.92 Å². The van der Waals surface area contributed by atoms with Gasteiger partial charge in [0.2, 0.25) is 11.8 Å². The van der Waals surface area contributed by atoms with E-state index in [0.29, 0.717) is 35.4 Å². The molecule has 1 aliphatic carbocycles. The van der Waals surface area contributed by atoms with Gasteiger partial charge in [0, 0.05) is 13.0 Å². The number of fused-ring (bicyclic) bond motifs is 1. The summed E-state index contributed by atoms with van der Waals surface area (Å²) in [5.41, 5.74) is 2.06. The molecule has 1 unspecified atom stereocenters. The Bertz CT molecular complexity index is 963. The third kappa shape index (κ3) is 4.60. The predicted octanol–water partition coefficient (Wildman–Crippen LogP) is 3.58. The second-order valence-corrected chi connectivity index (χ2v) is 7.19. The van der Waals surface area contributed by atoms with Gasteiger partial charge >= 0.3 is 0 Å². The standard InChI is InChI=1S/C21H23N3O4/c1-13(23-14(2)25)11-26-17-5-7-18(22-10-17)21-24-19-9-16(6-8-20(19)28-21)27-12-15-3-4-15/h5-10,13,15H,3-4,11-12H2,1-2H3,(H,23,25). The van der Waals surface area contributed by atoms with Crippen LogP contribution in [0.1, 0.15) is 26.7 Å². The molecule has 7 heteroatoms. The molecular formula is C21H23N3O4. The molecule has 0 spiro atoms. The Balaban J connectivity index is 1.41. The smallest absolute Gasteiger partial charge is 0.246 e. The number of carbonyl (C=O) groups is 1. The van der Waals surface area contributed by atoms with E-state index < -0.39 is 0 Å². The molecule has 0 aliphatic heterocycles. The highest BCUT2D eigenvalue weighted by molar-refractivity contribution is 5.77. The first kappa shape index (κ1) is 18.3. The van der Waals surface area contributed by atoms with Gasteiger partial charge in [0.15, 0.2) is 5.58 Å². The number of amides is 1. The maximum Gasteiger partial charge on any atom is 0.246 e. The largest absolute Gasteiger partial charge is 0.493 e. The van der Waals surface area contributed by atoms with Gasteiger partial charge in [-0.3, -0.25) is 4.79 Å². The van der Waals surface area contributed by atoms with E-state index in [9.17, 15) is 4.79 Å². The summed E-state index contributed by atoms with van der Waals surface area (Å²) in [7, 11) is 0. The summed E-state index contributed by atoms with van der Waals surface area (Å²) in [5, 5.41) is 2.77. The van der Waals surface area contributed by atoms with Gasteiger partial charge in [-0.05, 0) is 49.9 Å². The molecule has 2 heterocycles. The number of hydrogen-bond acceptors (Lipinski definition) is 6. The van der Waals surface area contributed by atoms with Crippen LogP contribution in [-0.2, 0) is 4.79 Å². The third-order valence-electron chi connectivity index (χ3n) is 4.45. The van der Waals surface area contributed by atoms with Crippen molar-refractivity contribution >= 4 is 17.0 Å². The van der Waals surface area contributed by atoms with Crippen molar-refractivity contribution in [2.75, 3.05) is 13.2 Å². The highest BCUT2D eigenvalue weighted by Crippen LogP contribution is 2.31. The number of nitrogens with one attached hydrogen (secondary N) is 1. The van der Waals surface area contributed by atoms with E-state index in [4.69, 9.17) is 13.9 Å². The predicted molar refractivity (Wildman–Crippen MR) is 104 cm³/mol. The molecule has 2 aromatic heterocycles. The van der Waals surface area contributed by atoms with Crippen molar-refractivity contribution in [1.82, 2.24) is 15.3 Å². The number of rotatable bonds is 8. The van der Waals surface area contributed by atoms with Crippen LogP contribution in [0.4, 0.5) is 0 Å². The summed E-state index contributed by atoms with van der Waals surface area (Å²) in [6.07, 6.45) is 4.14. The second-order valence-electron chi connectivity index (χ2n) is 7.19. The van der Waals surface area contributed by atoms with Crippen LogP contribution in [0.5, 0.6) is 11.5 Å². The van der Waals surface area contributed by atoms with E-state index in [-0.39, 0.29) is 11.9 Å². The molecule has 1 fully saturated rings. The molecule has 1 aliphatic rings. The number of oxazole rings is 1. The number of benzene rings is 1. The van der Waals surface area contributed by atoms with Crippen LogP contribution >= 0.6 is 0 Å². The molecule has 1 amide bonds. The molecule has 1 atom stereocenters. The van der Waals surface area contributed by atoms with E-state index >= 15 is 0 Å². The van der Waals surface area contributed by atoms with E-state index in [0.717, 1.165) is 17.9 Å². The number of carbonyl (C=O) groups excluding carboxylic acids is 1. The molecule has 4 rings (SSSR count). The highest BCUT2D eigenvalue weighted by Gasteiger charge is 2.22.